The van der Waals surface area contributed by atoms with Crippen molar-refractivity contribution in [2.45, 2.75) is 51.2 Å². The number of hydrogen-bond acceptors (Lipinski definition) is 3. The van der Waals surface area contributed by atoms with Crippen molar-refractivity contribution in [2.75, 3.05) is 0 Å². The number of amides is 1. The van der Waals surface area contributed by atoms with Gasteiger partial charge >= 0.3 is 5.69 Å². The topological polar surface area (TPSA) is 68.9 Å². The number of carbonyl (C=O) groups is 1. The van der Waals surface area contributed by atoms with Gasteiger partial charge in [-0.15, -0.1) is 5.10 Å². The van der Waals surface area contributed by atoms with Gasteiger partial charge < -0.3 is 5.32 Å². The molecule has 4 rings (SSSR count). The zero-order valence-corrected chi connectivity index (χ0v) is 17.7. The average molecular weight is 425 g/mol. The van der Waals surface area contributed by atoms with Crippen LogP contribution in [0.4, 0.5) is 0 Å². The van der Waals surface area contributed by atoms with Gasteiger partial charge in [-0.2, -0.15) is 0 Å². The van der Waals surface area contributed by atoms with Crippen LogP contribution in [0.2, 0.25) is 5.02 Å². The minimum Gasteiger partial charge on any atom is -0.352 e. The third kappa shape index (κ3) is 4.82. The van der Waals surface area contributed by atoms with Crippen molar-refractivity contribution in [1.29, 1.82) is 0 Å². The summed E-state index contributed by atoms with van der Waals surface area (Å²) >= 11 is 5.99. The highest BCUT2D eigenvalue weighted by molar-refractivity contribution is 6.30. The van der Waals surface area contributed by atoms with Gasteiger partial charge in [0.15, 0.2) is 5.82 Å². The van der Waals surface area contributed by atoms with Gasteiger partial charge in [0.2, 0.25) is 5.91 Å². The van der Waals surface area contributed by atoms with Crippen LogP contribution in [0.3, 0.4) is 0 Å². The second kappa shape index (κ2) is 8.88. The van der Waals surface area contributed by atoms with E-state index in [0.717, 1.165) is 31.2 Å². The van der Waals surface area contributed by atoms with E-state index in [9.17, 15) is 9.59 Å². The van der Waals surface area contributed by atoms with Crippen LogP contribution >= 0.6 is 11.6 Å². The molecule has 0 aliphatic heterocycles. The van der Waals surface area contributed by atoms with E-state index in [4.69, 9.17) is 11.6 Å². The molecule has 1 unspecified atom stereocenters. The number of hydrogen-bond donors (Lipinski definition) is 1. The Hall–Kier alpha value is -2.86. The van der Waals surface area contributed by atoms with Gasteiger partial charge in [0.1, 0.15) is 6.54 Å². The molecule has 2 aromatic carbocycles. The Bertz CT molecular complexity index is 1070. The first-order chi connectivity index (χ1) is 14.5. The van der Waals surface area contributed by atoms with E-state index >= 15 is 0 Å². The molecule has 1 fully saturated rings. The standard InChI is InChI=1S/C23H25ClN4O2/c1-16(7-8-17-5-3-2-4-6-17)25-21(29)15-27-23(30)28(20-13-14-20)22(26-27)18-9-11-19(24)12-10-18/h2-6,9-12,16,20H,7-8,13-15H2,1H3,(H,25,29). The minimum absolute atomic E-state index is 0.00895. The fourth-order valence-corrected chi connectivity index (χ4v) is 3.66. The summed E-state index contributed by atoms with van der Waals surface area (Å²) in [6.45, 7) is 1.89. The smallest absolute Gasteiger partial charge is 0.346 e. The highest BCUT2D eigenvalue weighted by atomic mass is 35.5. The molecule has 1 heterocycles. The number of halogens is 1. The van der Waals surface area contributed by atoms with Gasteiger partial charge in [-0.1, -0.05) is 41.9 Å². The lowest BCUT2D eigenvalue weighted by atomic mass is 10.1. The number of aryl methyl sites for hydroxylation is 1. The number of rotatable bonds is 8. The van der Waals surface area contributed by atoms with Gasteiger partial charge in [0.25, 0.3) is 0 Å². The minimum atomic E-state index is -0.241. The maximum Gasteiger partial charge on any atom is 0.346 e. The molecular weight excluding hydrogens is 400 g/mol. The van der Waals surface area contributed by atoms with Crippen LogP contribution in [0.5, 0.6) is 0 Å². The fourth-order valence-electron chi connectivity index (χ4n) is 3.54. The Labute approximate surface area is 180 Å². The van der Waals surface area contributed by atoms with E-state index in [0.29, 0.717) is 10.8 Å². The molecule has 1 N–H and O–H groups in total. The molecule has 7 heteroatoms. The molecule has 1 aliphatic carbocycles. The molecule has 1 amide bonds. The molecule has 0 radical (unpaired) electrons. The molecule has 1 saturated carbocycles. The summed E-state index contributed by atoms with van der Waals surface area (Å²) in [7, 11) is 0. The largest absolute Gasteiger partial charge is 0.352 e. The lowest BCUT2D eigenvalue weighted by Gasteiger charge is -2.13. The average Bonchev–Trinajstić information content (AvgIpc) is 3.52. The molecule has 6 nitrogen and oxygen atoms in total. The first-order valence-corrected chi connectivity index (χ1v) is 10.7. The van der Waals surface area contributed by atoms with Gasteiger partial charge in [0.05, 0.1) is 0 Å². The number of aromatic nitrogens is 3. The van der Waals surface area contributed by atoms with E-state index in [1.807, 2.05) is 37.3 Å². The number of nitrogens with one attached hydrogen (secondary N) is 1. The molecule has 3 aromatic rings. The molecular formula is C23H25ClN4O2. The zero-order chi connectivity index (χ0) is 21.1. The Balaban J connectivity index is 1.43. The molecule has 30 heavy (non-hydrogen) atoms. The lowest BCUT2D eigenvalue weighted by Crippen LogP contribution is -2.38. The van der Waals surface area contributed by atoms with Crippen LogP contribution in [0.15, 0.2) is 59.4 Å². The van der Waals surface area contributed by atoms with E-state index in [1.165, 1.54) is 10.2 Å². The molecule has 1 aliphatic rings. The van der Waals surface area contributed by atoms with Gasteiger partial charge in [-0.05, 0) is 62.4 Å². The maximum absolute atomic E-state index is 12.9. The summed E-state index contributed by atoms with van der Waals surface area (Å²) < 4.78 is 2.97. The van der Waals surface area contributed by atoms with Gasteiger partial charge in [-0.25, -0.2) is 9.48 Å². The van der Waals surface area contributed by atoms with E-state index in [2.05, 4.69) is 22.5 Å². The summed E-state index contributed by atoms with van der Waals surface area (Å²) in [6.07, 6.45) is 3.63. The van der Waals surface area contributed by atoms with E-state index in [1.54, 1.807) is 16.7 Å². The van der Waals surface area contributed by atoms with Crippen molar-refractivity contribution in [3.63, 3.8) is 0 Å². The quantitative estimate of drug-likeness (QED) is 0.597. The summed E-state index contributed by atoms with van der Waals surface area (Å²) in [5, 5.41) is 8.08. The zero-order valence-electron chi connectivity index (χ0n) is 16.9. The second-order valence-corrected chi connectivity index (χ2v) is 8.30. The first-order valence-electron chi connectivity index (χ1n) is 10.3. The molecule has 0 saturated heterocycles. The van der Waals surface area contributed by atoms with E-state index < -0.39 is 0 Å². The lowest BCUT2D eigenvalue weighted by molar-refractivity contribution is -0.122. The number of nitrogens with zero attached hydrogens (tertiary/aromatic N) is 3. The Kier molecular flexibility index (Phi) is 6.04. The molecule has 156 valence electrons. The van der Waals surface area contributed by atoms with E-state index in [-0.39, 0.29) is 30.2 Å². The molecule has 0 bridgehead atoms. The molecule has 0 spiro atoms. The van der Waals surface area contributed by atoms with Crippen LogP contribution in [0.1, 0.15) is 37.8 Å². The highest BCUT2D eigenvalue weighted by Gasteiger charge is 2.30. The van der Waals surface area contributed by atoms with Crippen LogP contribution in [0.25, 0.3) is 11.4 Å². The number of carbonyl (C=O) groups excluding carboxylic acids is 1. The monoisotopic (exact) mass is 424 g/mol. The van der Waals surface area contributed by atoms with Crippen molar-refractivity contribution < 1.29 is 4.79 Å². The van der Waals surface area contributed by atoms with Crippen LogP contribution in [0, 0.1) is 0 Å². The van der Waals surface area contributed by atoms with Crippen molar-refractivity contribution in [1.82, 2.24) is 19.7 Å². The SMILES string of the molecule is CC(CCc1ccccc1)NC(=O)Cn1nc(-c2ccc(Cl)cc2)n(C2CC2)c1=O. The van der Waals surface area contributed by atoms with Crippen molar-refractivity contribution in [3.8, 4) is 11.4 Å². The predicted molar refractivity (Wildman–Crippen MR) is 118 cm³/mol. The predicted octanol–water partition coefficient (Wildman–Crippen LogP) is 3.84. The Morgan fingerprint density at radius 3 is 2.53 bits per heavy atom. The summed E-state index contributed by atoms with van der Waals surface area (Å²) in [5.41, 5.74) is 1.82. The van der Waals surface area contributed by atoms with Gasteiger partial charge in [-0.3, -0.25) is 9.36 Å². The Morgan fingerprint density at radius 1 is 1.17 bits per heavy atom. The molecule has 1 aromatic heterocycles. The number of benzene rings is 2. The normalized spacial score (nSPS) is 14.5. The second-order valence-electron chi connectivity index (χ2n) is 7.86. The van der Waals surface area contributed by atoms with Crippen LogP contribution in [-0.2, 0) is 17.8 Å². The van der Waals surface area contributed by atoms with Crippen LogP contribution < -0.4 is 11.0 Å². The summed E-state index contributed by atoms with van der Waals surface area (Å²) in [6, 6.07) is 17.6. The maximum atomic E-state index is 12.9. The Morgan fingerprint density at radius 2 is 1.87 bits per heavy atom. The fraction of sp³-hybridized carbons (Fsp3) is 0.348. The summed E-state index contributed by atoms with van der Waals surface area (Å²) in [5.74, 6) is 0.379. The first kappa shape index (κ1) is 20.4. The van der Waals surface area contributed by atoms with Crippen molar-refractivity contribution in [3.05, 3.63) is 75.7 Å². The van der Waals surface area contributed by atoms with Crippen molar-refractivity contribution in [2.24, 2.45) is 0 Å². The summed E-state index contributed by atoms with van der Waals surface area (Å²) in [4.78, 5) is 25.4. The van der Waals surface area contributed by atoms with Crippen LogP contribution in [-0.4, -0.2) is 26.3 Å². The van der Waals surface area contributed by atoms with Crippen molar-refractivity contribution >= 4 is 17.5 Å². The third-order valence-electron chi connectivity index (χ3n) is 5.29. The third-order valence-corrected chi connectivity index (χ3v) is 5.55. The van der Waals surface area contributed by atoms with Gasteiger partial charge in [0, 0.05) is 22.7 Å². The molecule has 1 atom stereocenters. The highest BCUT2D eigenvalue weighted by Crippen LogP contribution is 2.36.